The van der Waals surface area contributed by atoms with Gasteiger partial charge in [-0.25, -0.2) is 5.90 Å². The molecule has 0 fully saturated rings. The summed E-state index contributed by atoms with van der Waals surface area (Å²) in [6.07, 6.45) is 0. The third-order valence-electron chi connectivity index (χ3n) is 1.46. The summed E-state index contributed by atoms with van der Waals surface area (Å²) in [6, 6.07) is 7.35. The first-order valence-corrected chi connectivity index (χ1v) is 3.34. The maximum atomic E-state index is 9.11. The molecular formula is C7H10BNO2. The Morgan fingerprint density at radius 3 is 2.82 bits per heavy atom. The summed E-state index contributed by atoms with van der Waals surface area (Å²) in [6.45, 7) is 1.94. The van der Waals surface area contributed by atoms with Crippen LogP contribution in [-0.4, -0.2) is 12.1 Å². The van der Waals surface area contributed by atoms with Crippen molar-refractivity contribution in [1.82, 2.24) is 0 Å². The Kier molecular flexibility index (Phi) is 2.65. The van der Waals surface area contributed by atoms with Crippen LogP contribution in [0.1, 0.15) is 5.56 Å². The van der Waals surface area contributed by atoms with Crippen LogP contribution in [0.4, 0.5) is 0 Å². The van der Waals surface area contributed by atoms with Crippen LogP contribution >= 0.6 is 0 Å². The van der Waals surface area contributed by atoms with E-state index in [9.17, 15) is 0 Å². The first-order valence-electron chi connectivity index (χ1n) is 3.34. The Morgan fingerprint density at radius 1 is 1.55 bits per heavy atom. The Balaban J connectivity index is 2.86. The van der Waals surface area contributed by atoms with Gasteiger partial charge in [0.25, 0.3) is 0 Å². The van der Waals surface area contributed by atoms with Crippen molar-refractivity contribution >= 4 is 12.6 Å². The minimum atomic E-state index is -1.02. The highest BCUT2D eigenvalue weighted by molar-refractivity contribution is 6.59. The highest BCUT2D eigenvalue weighted by Gasteiger charge is 2.13. The smallest absolute Gasteiger partial charge is 0.422 e. The first-order chi connectivity index (χ1) is 5.24. The molecule has 3 N–H and O–H groups in total. The fraction of sp³-hybridized carbons (Fsp3) is 0.143. The molecule has 1 aromatic carbocycles. The predicted molar refractivity (Wildman–Crippen MR) is 44.1 cm³/mol. The molecule has 3 nitrogen and oxygen atoms in total. The van der Waals surface area contributed by atoms with Crippen molar-refractivity contribution in [2.45, 2.75) is 6.92 Å². The molecule has 4 heteroatoms. The molecule has 0 aromatic heterocycles. The largest absolute Gasteiger partial charge is 0.508 e. The summed E-state index contributed by atoms with van der Waals surface area (Å²) in [7, 11) is -1.02. The molecule has 11 heavy (non-hydrogen) atoms. The molecule has 0 bridgehead atoms. The summed E-state index contributed by atoms with van der Waals surface area (Å²) in [5.41, 5.74) is 1.74. The van der Waals surface area contributed by atoms with E-state index in [1.807, 2.05) is 25.1 Å². The molecule has 0 saturated carbocycles. The van der Waals surface area contributed by atoms with E-state index in [4.69, 9.17) is 10.9 Å². The van der Waals surface area contributed by atoms with Gasteiger partial charge in [0.1, 0.15) is 0 Å². The van der Waals surface area contributed by atoms with Gasteiger partial charge in [-0.2, -0.15) is 0 Å². The Hall–Kier alpha value is -0.835. The van der Waals surface area contributed by atoms with Gasteiger partial charge < -0.3 is 9.78 Å². The molecular weight excluding hydrogens is 141 g/mol. The van der Waals surface area contributed by atoms with E-state index in [0.717, 1.165) is 5.56 Å². The average molecular weight is 151 g/mol. The van der Waals surface area contributed by atoms with Crippen molar-refractivity contribution < 1.29 is 9.78 Å². The fourth-order valence-electron chi connectivity index (χ4n) is 0.902. The van der Waals surface area contributed by atoms with Crippen molar-refractivity contribution in [2.75, 3.05) is 0 Å². The van der Waals surface area contributed by atoms with Gasteiger partial charge in [-0.05, 0) is 12.4 Å². The summed E-state index contributed by atoms with van der Waals surface area (Å²) in [5, 5.41) is 9.11. The molecule has 0 amide bonds. The van der Waals surface area contributed by atoms with Crippen LogP contribution in [0.5, 0.6) is 0 Å². The van der Waals surface area contributed by atoms with Crippen molar-refractivity contribution in [2.24, 2.45) is 5.90 Å². The standard InChI is InChI=1S/C7H10BNO2/c1-6-3-2-4-7(5-6)8(10)11-9/h2-5,10H,9H2,1H3. The van der Waals surface area contributed by atoms with E-state index in [2.05, 4.69) is 4.76 Å². The molecule has 0 aliphatic heterocycles. The van der Waals surface area contributed by atoms with Gasteiger partial charge in [0, 0.05) is 0 Å². The van der Waals surface area contributed by atoms with E-state index in [1.165, 1.54) is 0 Å². The molecule has 0 aliphatic carbocycles. The van der Waals surface area contributed by atoms with Gasteiger partial charge in [-0.3, -0.25) is 0 Å². The van der Waals surface area contributed by atoms with Crippen molar-refractivity contribution in [3.8, 4) is 0 Å². The molecule has 1 rings (SSSR count). The first kappa shape index (κ1) is 8.26. The zero-order chi connectivity index (χ0) is 8.27. The lowest BCUT2D eigenvalue weighted by Gasteiger charge is -2.02. The Bertz CT molecular complexity index is 242. The van der Waals surface area contributed by atoms with Crippen LogP contribution in [-0.2, 0) is 4.76 Å². The normalized spacial score (nSPS) is 9.73. The number of hydrogen-bond donors (Lipinski definition) is 2. The second-order valence-electron chi connectivity index (χ2n) is 2.40. The second-order valence-corrected chi connectivity index (χ2v) is 2.40. The Morgan fingerprint density at radius 2 is 2.27 bits per heavy atom. The average Bonchev–Trinajstić information content (AvgIpc) is 2.03. The molecule has 0 saturated heterocycles. The maximum Gasteiger partial charge on any atom is 0.508 e. The van der Waals surface area contributed by atoms with E-state index in [-0.39, 0.29) is 0 Å². The predicted octanol–water partition coefficient (Wildman–Crippen LogP) is -0.427. The van der Waals surface area contributed by atoms with Crippen LogP contribution in [0.2, 0.25) is 0 Å². The van der Waals surface area contributed by atoms with Gasteiger partial charge >= 0.3 is 7.12 Å². The van der Waals surface area contributed by atoms with Gasteiger partial charge in [-0.15, -0.1) is 0 Å². The molecule has 0 atom stereocenters. The van der Waals surface area contributed by atoms with E-state index >= 15 is 0 Å². The molecule has 0 spiro atoms. The number of nitrogens with two attached hydrogens (primary N) is 1. The highest BCUT2D eigenvalue weighted by atomic mass is 16.6. The third kappa shape index (κ3) is 2.05. The zero-order valence-electron chi connectivity index (χ0n) is 6.32. The van der Waals surface area contributed by atoms with E-state index < -0.39 is 7.12 Å². The van der Waals surface area contributed by atoms with Crippen molar-refractivity contribution in [3.63, 3.8) is 0 Å². The van der Waals surface area contributed by atoms with Crippen LogP contribution in [0.25, 0.3) is 0 Å². The third-order valence-corrected chi connectivity index (χ3v) is 1.46. The van der Waals surface area contributed by atoms with Crippen LogP contribution in [0, 0.1) is 6.92 Å². The van der Waals surface area contributed by atoms with Crippen LogP contribution in [0.15, 0.2) is 24.3 Å². The number of rotatable bonds is 2. The number of aryl methyl sites for hydroxylation is 1. The molecule has 58 valence electrons. The monoisotopic (exact) mass is 151 g/mol. The minimum Gasteiger partial charge on any atom is -0.422 e. The summed E-state index contributed by atoms with van der Waals surface area (Å²) in [5.74, 6) is 4.80. The van der Waals surface area contributed by atoms with Gasteiger partial charge in [0.2, 0.25) is 0 Å². The number of benzene rings is 1. The fourth-order valence-corrected chi connectivity index (χ4v) is 0.902. The maximum absolute atomic E-state index is 9.11. The molecule has 0 aliphatic rings. The van der Waals surface area contributed by atoms with Crippen LogP contribution in [0.3, 0.4) is 0 Å². The van der Waals surface area contributed by atoms with E-state index in [0.29, 0.717) is 5.46 Å². The molecule has 1 aromatic rings. The SMILES string of the molecule is Cc1cccc(B(O)ON)c1. The second kappa shape index (κ2) is 3.53. The van der Waals surface area contributed by atoms with Crippen molar-refractivity contribution in [3.05, 3.63) is 29.8 Å². The lowest BCUT2D eigenvalue weighted by atomic mass is 9.79. The Labute approximate surface area is 65.9 Å². The van der Waals surface area contributed by atoms with Gasteiger partial charge in [-0.1, -0.05) is 29.8 Å². The molecule has 0 unspecified atom stereocenters. The molecule has 0 radical (unpaired) electrons. The van der Waals surface area contributed by atoms with Crippen molar-refractivity contribution in [1.29, 1.82) is 0 Å². The lowest BCUT2D eigenvalue weighted by molar-refractivity contribution is 0.281. The van der Waals surface area contributed by atoms with E-state index in [1.54, 1.807) is 6.07 Å². The topological polar surface area (TPSA) is 55.5 Å². The zero-order valence-corrected chi connectivity index (χ0v) is 6.32. The summed E-state index contributed by atoms with van der Waals surface area (Å²) >= 11 is 0. The minimum absolute atomic E-state index is 0.674. The summed E-state index contributed by atoms with van der Waals surface area (Å²) in [4.78, 5) is 0. The molecule has 0 heterocycles. The van der Waals surface area contributed by atoms with Crippen LogP contribution < -0.4 is 11.4 Å². The van der Waals surface area contributed by atoms with Gasteiger partial charge in [0.15, 0.2) is 0 Å². The lowest BCUT2D eigenvalue weighted by Crippen LogP contribution is -2.36. The quantitative estimate of drug-likeness (QED) is 0.445. The summed E-state index contributed by atoms with van der Waals surface area (Å²) < 4.78 is 4.25. The van der Waals surface area contributed by atoms with Gasteiger partial charge in [0.05, 0.1) is 0 Å². The number of hydrogen-bond acceptors (Lipinski definition) is 3. The highest BCUT2D eigenvalue weighted by Crippen LogP contribution is 1.93.